The van der Waals surface area contributed by atoms with E-state index in [1.807, 2.05) is 0 Å². The highest BCUT2D eigenvalue weighted by atomic mass is 32.1. The molecule has 0 saturated heterocycles. The van der Waals surface area contributed by atoms with Gasteiger partial charge < -0.3 is 15.0 Å². The van der Waals surface area contributed by atoms with Gasteiger partial charge in [-0.3, -0.25) is 24.5 Å². The van der Waals surface area contributed by atoms with Crippen LogP contribution in [0.25, 0.3) is 0 Å². The summed E-state index contributed by atoms with van der Waals surface area (Å²) in [4.78, 5) is 48.0. The van der Waals surface area contributed by atoms with Crippen LogP contribution in [0.15, 0.2) is 35.0 Å². The van der Waals surface area contributed by atoms with Gasteiger partial charge in [0.05, 0.1) is 11.3 Å². The number of nitro groups is 1. The molecular weight excluding hydrogens is 398 g/mol. The summed E-state index contributed by atoms with van der Waals surface area (Å²) < 4.78 is 5.02. The molecule has 3 rings (SSSR count). The van der Waals surface area contributed by atoms with Gasteiger partial charge in [-0.1, -0.05) is 0 Å². The van der Waals surface area contributed by atoms with E-state index in [-0.39, 0.29) is 24.6 Å². The predicted octanol–water partition coefficient (Wildman–Crippen LogP) is 2.30. The van der Waals surface area contributed by atoms with Gasteiger partial charge in [0.15, 0.2) is 6.61 Å². The van der Waals surface area contributed by atoms with Crippen molar-refractivity contribution in [2.75, 3.05) is 24.6 Å². The number of fused-ring (bicyclic) bond motifs is 1. The highest BCUT2D eigenvalue weighted by molar-refractivity contribution is 7.08. The molecule has 1 aromatic carbocycles. The molecule has 2 amide bonds. The van der Waals surface area contributed by atoms with Crippen molar-refractivity contribution in [3.63, 3.8) is 0 Å². The maximum atomic E-state index is 12.5. The van der Waals surface area contributed by atoms with E-state index in [9.17, 15) is 24.5 Å². The molecule has 0 aliphatic carbocycles. The normalized spacial score (nSPS) is 12.8. The van der Waals surface area contributed by atoms with Gasteiger partial charge in [0.2, 0.25) is 0 Å². The Labute approximate surface area is 170 Å². The van der Waals surface area contributed by atoms with Gasteiger partial charge in [0.25, 0.3) is 17.5 Å². The lowest BCUT2D eigenvalue weighted by molar-refractivity contribution is -0.384. The molecule has 0 atom stereocenters. The van der Waals surface area contributed by atoms with Crippen LogP contribution in [0.2, 0.25) is 0 Å². The number of hydrogen-bond acceptors (Lipinski definition) is 7. The summed E-state index contributed by atoms with van der Waals surface area (Å²) in [6.45, 7) is 0.142. The largest absolute Gasteiger partial charge is 0.455 e. The van der Waals surface area contributed by atoms with Crippen LogP contribution in [0.1, 0.15) is 28.8 Å². The van der Waals surface area contributed by atoms with E-state index in [4.69, 9.17) is 4.74 Å². The molecule has 0 saturated carbocycles. The Morgan fingerprint density at radius 3 is 2.83 bits per heavy atom. The van der Waals surface area contributed by atoms with Gasteiger partial charge in [-0.2, -0.15) is 11.3 Å². The first-order valence-corrected chi connectivity index (χ1v) is 9.93. The van der Waals surface area contributed by atoms with Gasteiger partial charge in [-0.05, 0) is 35.9 Å². The Morgan fingerprint density at radius 1 is 1.28 bits per heavy atom. The standard InChI is InChI=1S/C19H19N3O6S/c23-17(11-28-18(24)5-7-20-19(25)14-6-9-29-12-14)21-8-1-2-13-10-15(22(26)27)3-4-16(13)21/h3-4,6,9-10,12H,1-2,5,7-8,11H2,(H,20,25). The number of esters is 1. The lowest BCUT2D eigenvalue weighted by Gasteiger charge is -2.29. The van der Waals surface area contributed by atoms with Crippen molar-refractivity contribution in [2.45, 2.75) is 19.3 Å². The minimum absolute atomic E-state index is 0.0195. The summed E-state index contributed by atoms with van der Waals surface area (Å²) >= 11 is 1.40. The number of thiophene rings is 1. The van der Waals surface area contributed by atoms with Crippen LogP contribution in [-0.4, -0.2) is 42.4 Å². The Hall–Kier alpha value is -3.27. The van der Waals surface area contributed by atoms with Gasteiger partial charge in [-0.25, -0.2) is 0 Å². The van der Waals surface area contributed by atoms with Crippen LogP contribution >= 0.6 is 11.3 Å². The topological polar surface area (TPSA) is 119 Å². The zero-order chi connectivity index (χ0) is 20.8. The minimum atomic E-state index is -0.593. The van der Waals surface area contributed by atoms with E-state index < -0.39 is 23.4 Å². The summed E-state index contributed by atoms with van der Waals surface area (Å²) in [6.07, 6.45) is 1.26. The summed E-state index contributed by atoms with van der Waals surface area (Å²) in [5.74, 6) is -1.26. The zero-order valence-electron chi connectivity index (χ0n) is 15.5. The summed E-state index contributed by atoms with van der Waals surface area (Å²) in [6, 6.07) is 6.05. The van der Waals surface area contributed by atoms with E-state index in [1.54, 1.807) is 22.9 Å². The number of carbonyl (C=O) groups excluding carboxylic acids is 3. The molecule has 9 nitrogen and oxygen atoms in total. The monoisotopic (exact) mass is 417 g/mol. The van der Waals surface area contributed by atoms with Crippen LogP contribution < -0.4 is 10.2 Å². The average molecular weight is 417 g/mol. The number of anilines is 1. The van der Waals surface area contributed by atoms with Crippen LogP contribution in [0, 0.1) is 10.1 Å². The fraction of sp³-hybridized carbons (Fsp3) is 0.316. The summed E-state index contributed by atoms with van der Waals surface area (Å²) in [5, 5.41) is 17.0. The number of aryl methyl sites for hydroxylation is 1. The number of hydrogen-bond donors (Lipinski definition) is 1. The average Bonchev–Trinajstić information content (AvgIpc) is 3.26. The maximum absolute atomic E-state index is 12.5. The number of amides is 2. The first-order chi connectivity index (χ1) is 14.0. The predicted molar refractivity (Wildman–Crippen MR) is 106 cm³/mol. The number of carbonyl (C=O) groups is 3. The van der Waals surface area contributed by atoms with E-state index >= 15 is 0 Å². The molecule has 1 aliphatic rings. The molecular formula is C19H19N3O6S. The number of benzene rings is 1. The minimum Gasteiger partial charge on any atom is -0.455 e. The molecule has 1 aromatic heterocycles. The highest BCUT2D eigenvalue weighted by Crippen LogP contribution is 2.30. The number of rotatable bonds is 7. The SMILES string of the molecule is O=C(CCNC(=O)c1ccsc1)OCC(=O)N1CCCc2cc([N+](=O)[O-])ccc21. The molecule has 2 aromatic rings. The molecule has 0 unspecified atom stereocenters. The Balaban J connectivity index is 1.48. The van der Waals surface area contributed by atoms with Crippen molar-refractivity contribution < 1.29 is 24.0 Å². The Kier molecular flexibility index (Phi) is 6.55. The van der Waals surface area contributed by atoms with E-state index in [1.165, 1.54) is 28.4 Å². The molecule has 2 heterocycles. The second-order valence-electron chi connectivity index (χ2n) is 6.40. The molecule has 0 radical (unpaired) electrons. The van der Waals surface area contributed by atoms with Crippen molar-refractivity contribution in [1.29, 1.82) is 0 Å². The second kappa shape index (κ2) is 9.28. The fourth-order valence-corrected chi connectivity index (χ4v) is 3.66. The zero-order valence-corrected chi connectivity index (χ0v) is 16.3. The number of ether oxygens (including phenoxy) is 1. The molecule has 29 heavy (non-hydrogen) atoms. The molecule has 152 valence electrons. The van der Waals surface area contributed by atoms with Crippen LogP contribution in [-0.2, 0) is 20.7 Å². The van der Waals surface area contributed by atoms with E-state index in [0.29, 0.717) is 30.6 Å². The third-order valence-electron chi connectivity index (χ3n) is 4.45. The lowest BCUT2D eigenvalue weighted by Crippen LogP contribution is -2.38. The van der Waals surface area contributed by atoms with Crippen molar-refractivity contribution in [3.05, 3.63) is 56.3 Å². The van der Waals surface area contributed by atoms with Crippen molar-refractivity contribution in [2.24, 2.45) is 0 Å². The van der Waals surface area contributed by atoms with Gasteiger partial charge in [-0.15, -0.1) is 0 Å². The second-order valence-corrected chi connectivity index (χ2v) is 7.18. The molecule has 1 aliphatic heterocycles. The third-order valence-corrected chi connectivity index (χ3v) is 5.13. The van der Waals surface area contributed by atoms with Crippen LogP contribution in [0.3, 0.4) is 0 Å². The highest BCUT2D eigenvalue weighted by Gasteiger charge is 2.25. The van der Waals surface area contributed by atoms with Gasteiger partial charge >= 0.3 is 5.97 Å². The lowest BCUT2D eigenvalue weighted by atomic mass is 10.0. The Morgan fingerprint density at radius 2 is 2.10 bits per heavy atom. The Bertz CT molecular complexity index is 928. The first-order valence-electron chi connectivity index (χ1n) is 8.99. The summed E-state index contributed by atoms with van der Waals surface area (Å²) in [5.41, 5.74) is 1.84. The number of non-ortho nitro benzene ring substituents is 1. The quantitative estimate of drug-likeness (QED) is 0.419. The van der Waals surface area contributed by atoms with E-state index in [0.717, 1.165) is 5.56 Å². The number of nitrogens with zero attached hydrogens (tertiary/aromatic N) is 2. The van der Waals surface area contributed by atoms with Gasteiger partial charge in [0.1, 0.15) is 0 Å². The van der Waals surface area contributed by atoms with E-state index in [2.05, 4.69) is 5.32 Å². The van der Waals surface area contributed by atoms with Crippen LogP contribution in [0.5, 0.6) is 0 Å². The summed E-state index contributed by atoms with van der Waals surface area (Å²) in [7, 11) is 0. The fourth-order valence-electron chi connectivity index (χ4n) is 3.02. The smallest absolute Gasteiger partial charge is 0.308 e. The van der Waals surface area contributed by atoms with Crippen LogP contribution in [0.4, 0.5) is 11.4 Å². The number of nitro benzene ring substituents is 1. The number of nitrogens with one attached hydrogen (secondary N) is 1. The maximum Gasteiger partial charge on any atom is 0.308 e. The molecule has 0 fully saturated rings. The van der Waals surface area contributed by atoms with Crippen molar-refractivity contribution >= 4 is 40.5 Å². The third kappa shape index (κ3) is 5.17. The molecule has 10 heteroatoms. The van der Waals surface area contributed by atoms with Gasteiger partial charge in [0, 0.05) is 41.9 Å². The van der Waals surface area contributed by atoms with Crippen molar-refractivity contribution in [3.8, 4) is 0 Å². The molecule has 0 spiro atoms. The molecule has 1 N–H and O–H groups in total. The van der Waals surface area contributed by atoms with Crippen molar-refractivity contribution in [1.82, 2.24) is 5.32 Å². The first kappa shape index (κ1) is 20.5. The molecule has 0 bridgehead atoms.